The summed E-state index contributed by atoms with van der Waals surface area (Å²) in [5.41, 5.74) is 0.401. The minimum absolute atomic E-state index is 0.0590. The Hall–Kier alpha value is -2.63. The molecule has 4 nitrogen and oxygen atoms in total. The van der Waals surface area contributed by atoms with E-state index < -0.39 is 11.6 Å². The van der Waals surface area contributed by atoms with Gasteiger partial charge in [0.05, 0.1) is 19.2 Å². The van der Waals surface area contributed by atoms with Gasteiger partial charge in [-0.25, -0.2) is 8.78 Å². The molecule has 2 rings (SSSR count). The van der Waals surface area contributed by atoms with Crippen molar-refractivity contribution >= 4 is 5.91 Å². The SMILES string of the molecule is COc1ccccc1C(=O)NCCOc1ccc(F)cc1F. The van der Waals surface area contributed by atoms with E-state index in [-0.39, 0.29) is 24.8 Å². The molecule has 0 aliphatic carbocycles. The molecular formula is C16H15F2NO3. The van der Waals surface area contributed by atoms with Crippen LogP contribution in [0.4, 0.5) is 8.78 Å². The Bertz CT molecular complexity index is 662. The molecule has 0 bridgehead atoms. The van der Waals surface area contributed by atoms with Crippen LogP contribution >= 0.6 is 0 Å². The lowest BCUT2D eigenvalue weighted by atomic mass is 10.2. The number of carbonyl (C=O) groups excluding carboxylic acids is 1. The Labute approximate surface area is 126 Å². The fourth-order valence-corrected chi connectivity index (χ4v) is 1.85. The highest BCUT2D eigenvalue weighted by Gasteiger charge is 2.11. The summed E-state index contributed by atoms with van der Waals surface area (Å²) < 4.78 is 36.3. The molecule has 0 atom stereocenters. The van der Waals surface area contributed by atoms with Gasteiger partial charge in [0.2, 0.25) is 0 Å². The second-order valence-corrected chi connectivity index (χ2v) is 4.38. The molecule has 0 fully saturated rings. The lowest BCUT2D eigenvalue weighted by molar-refractivity contribution is 0.0943. The topological polar surface area (TPSA) is 47.6 Å². The molecule has 0 aliphatic rings. The molecule has 0 aromatic heterocycles. The van der Waals surface area contributed by atoms with Crippen molar-refractivity contribution in [1.82, 2.24) is 5.32 Å². The summed E-state index contributed by atoms with van der Waals surface area (Å²) in [5.74, 6) is -1.37. The zero-order valence-electron chi connectivity index (χ0n) is 11.9. The van der Waals surface area contributed by atoms with Crippen LogP contribution in [0.5, 0.6) is 11.5 Å². The first-order chi connectivity index (χ1) is 10.6. The van der Waals surface area contributed by atoms with Crippen LogP contribution in [0.2, 0.25) is 0 Å². The Balaban J connectivity index is 1.84. The van der Waals surface area contributed by atoms with Gasteiger partial charge in [-0.2, -0.15) is 0 Å². The van der Waals surface area contributed by atoms with Crippen LogP contribution in [0.25, 0.3) is 0 Å². The molecule has 0 spiro atoms. The lowest BCUT2D eigenvalue weighted by Gasteiger charge is -2.10. The number of nitrogens with one attached hydrogen (secondary N) is 1. The summed E-state index contributed by atoms with van der Waals surface area (Å²) in [6.45, 7) is 0.233. The van der Waals surface area contributed by atoms with E-state index in [1.165, 1.54) is 13.2 Å². The number of hydrogen-bond acceptors (Lipinski definition) is 3. The third-order valence-corrected chi connectivity index (χ3v) is 2.89. The van der Waals surface area contributed by atoms with Crippen LogP contribution in [0.1, 0.15) is 10.4 Å². The molecule has 6 heteroatoms. The number of rotatable bonds is 6. The number of methoxy groups -OCH3 is 1. The summed E-state index contributed by atoms with van der Waals surface area (Å²) >= 11 is 0. The van der Waals surface area contributed by atoms with Crippen molar-refractivity contribution < 1.29 is 23.0 Å². The molecule has 0 heterocycles. The van der Waals surface area contributed by atoms with Crippen molar-refractivity contribution in [2.24, 2.45) is 0 Å². The van der Waals surface area contributed by atoms with Crippen LogP contribution in [-0.4, -0.2) is 26.2 Å². The molecule has 2 aromatic carbocycles. The molecule has 0 radical (unpaired) electrons. The number of benzene rings is 2. The van der Waals surface area contributed by atoms with Crippen LogP contribution in [0, 0.1) is 11.6 Å². The number of para-hydroxylation sites is 1. The van der Waals surface area contributed by atoms with E-state index in [1.54, 1.807) is 24.3 Å². The normalized spacial score (nSPS) is 10.1. The van der Waals surface area contributed by atoms with Crippen molar-refractivity contribution in [3.05, 3.63) is 59.7 Å². The van der Waals surface area contributed by atoms with E-state index in [1.807, 2.05) is 0 Å². The van der Waals surface area contributed by atoms with Crippen molar-refractivity contribution in [2.45, 2.75) is 0 Å². The first-order valence-corrected chi connectivity index (χ1v) is 6.61. The Morgan fingerprint density at radius 3 is 2.64 bits per heavy atom. The summed E-state index contributed by atoms with van der Waals surface area (Å²) in [6, 6.07) is 9.84. The van der Waals surface area contributed by atoms with Crippen molar-refractivity contribution in [3.63, 3.8) is 0 Å². The van der Waals surface area contributed by atoms with Gasteiger partial charge < -0.3 is 14.8 Å². The summed E-state index contributed by atoms with van der Waals surface area (Å²) in [6.07, 6.45) is 0. The maximum absolute atomic E-state index is 13.3. The standard InChI is InChI=1S/C16H15F2NO3/c1-21-14-5-3-2-4-12(14)16(20)19-8-9-22-15-7-6-11(17)10-13(15)18/h2-7,10H,8-9H2,1H3,(H,19,20). The van der Waals surface area contributed by atoms with Gasteiger partial charge in [0.25, 0.3) is 5.91 Å². The summed E-state index contributed by atoms with van der Waals surface area (Å²) in [7, 11) is 1.48. The minimum Gasteiger partial charge on any atom is -0.496 e. The Morgan fingerprint density at radius 2 is 1.91 bits per heavy atom. The zero-order valence-corrected chi connectivity index (χ0v) is 11.9. The van der Waals surface area contributed by atoms with Gasteiger partial charge in [0, 0.05) is 6.07 Å². The van der Waals surface area contributed by atoms with E-state index in [4.69, 9.17) is 9.47 Å². The first kappa shape index (κ1) is 15.8. The molecule has 22 heavy (non-hydrogen) atoms. The van der Waals surface area contributed by atoms with Gasteiger partial charge in [-0.15, -0.1) is 0 Å². The van der Waals surface area contributed by atoms with Gasteiger partial charge in [0.1, 0.15) is 18.2 Å². The van der Waals surface area contributed by atoms with Gasteiger partial charge in [0.15, 0.2) is 11.6 Å². The van der Waals surface area contributed by atoms with E-state index in [0.29, 0.717) is 11.3 Å². The quantitative estimate of drug-likeness (QED) is 0.835. The van der Waals surface area contributed by atoms with Gasteiger partial charge in [-0.3, -0.25) is 4.79 Å². The van der Waals surface area contributed by atoms with Gasteiger partial charge in [-0.05, 0) is 24.3 Å². The lowest BCUT2D eigenvalue weighted by Crippen LogP contribution is -2.28. The fraction of sp³-hybridized carbons (Fsp3) is 0.188. The Kier molecular flexibility index (Phi) is 5.30. The van der Waals surface area contributed by atoms with Gasteiger partial charge in [-0.1, -0.05) is 12.1 Å². The average molecular weight is 307 g/mol. The van der Waals surface area contributed by atoms with Crippen LogP contribution in [0.3, 0.4) is 0 Å². The highest BCUT2D eigenvalue weighted by Crippen LogP contribution is 2.18. The third kappa shape index (κ3) is 3.94. The molecule has 2 aromatic rings. The fourth-order valence-electron chi connectivity index (χ4n) is 1.85. The molecular weight excluding hydrogens is 292 g/mol. The molecule has 0 unspecified atom stereocenters. The van der Waals surface area contributed by atoms with Crippen LogP contribution in [-0.2, 0) is 0 Å². The molecule has 0 saturated heterocycles. The van der Waals surface area contributed by atoms with E-state index in [0.717, 1.165) is 12.1 Å². The number of amides is 1. The highest BCUT2D eigenvalue weighted by molar-refractivity contribution is 5.96. The van der Waals surface area contributed by atoms with Gasteiger partial charge >= 0.3 is 0 Å². The molecule has 116 valence electrons. The minimum atomic E-state index is -0.781. The number of ether oxygens (including phenoxy) is 2. The zero-order chi connectivity index (χ0) is 15.9. The predicted molar refractivity (Wildman–Crippen MR) is 77.2 cm³/mol. The highest BCUT2D eigenvalue weighted by atomic mass is 19.1. The second-order valence-electron chi connectivity index (χ2n) is 4.38. The summed E-state index contributed by atoms with van der Waals surface area (Å²) in [4.78, 5) is 12.0. The first-order valence-electron chi connectivity index (χ1n) is 6.61. The largest absolute Gasteiger partial charge is 0.496 e. The maximum Gasteiger partial charge on any atom is 0.255 e. The Morgan fingerprint density at radius 1 is 1.14 bits per heavy atom. The van der Waals surface area contributed by atoms with E-state index in [9.17, 15) is 13.6 Å². The molecule has 0 aliphatic heterocycles. The van der Waals surface area contributed by atoms with E-state index >= 15 is 0 Å². The number of hydrogen-bond donors (Lipinski definition) is 1. The third-order valence-electron chi connectivity index (χ3n) is 2.89. The summed E-state index contributed by atoms with van der Waals surface area (Å²) in [5, 5.41) is 2.63. The molecule has 1 N–H and O–H groups in total. The number of halogens is 2. The van der Waals surface area contributed by atoms with Crippen molar-refractivity contribution in [1.29, 1.82) is 0 Å². The second kappa shape index (κ2) is 7.40. The monoisotopic (exact) mass is 307 g/mol. The van der Waals surface area contributed by atoms with E-state index in [2.05, 4.69) is 5.32 Å². The van der Waals surface area contributed by atoms with Crippen molar-refractivity contribution in [2.75, 3.05) is 20.3 Å². The predicted octanol–water partition coefficient (Wildman–Crippen LogP) is 2.78. The molecule has 0 saturated carbocycles. The van der Waals surface area contributed by atoms with Crippen LogP contribution in [0.15, 0.2) is 42.5 Å². The van der Waals surface area contributed by atoms with Crippen LogP contribution < -0.4 is 14.8 Å². The molecule has 1 amide bonds. The number of carbonyl (C=O) groups is 1. The van der Waals surface area contributed by atoms with Crippen molar-refractivity contribution in [3.8, 4) is 11.5 Å². The average Bonchev–Trinajstić information content (AvgIpc) is 2.53. The maximum atomic E-state index is 13.3. The smallest absolute Gasteiger partial charge is 0.255 e.